The van der Waals surface area contributed by atoms with Gasteiger partial charge in [-0.3, -0.25) is 4.79 Å². The average molecular weight is 477 g/mol. The molecule has 35 heavy (non-hydrogen) atoms. The zero-order valence-corrected chi connectivity index (χ0v) is 19.5. The second kappa shape index (κ2) is 9.21. The number of ether oxygens (including phenoxy) is 1. The van der Waals surface area contributed by atoms with E-state index < -0.39 is 5.69 Å². The molecule has 10 heteroatoms. The normalized spacial score (nSPS) is 13.9. The van der Waals surface area contributed by atoms with Gasteiger partial charge in [-0.1, -0.05) is 0 Å². The first-order valence-electron chi connectivity index (χ1n) is 11.3. The predicted octanol–water partition coefficient (Wildman–Crippen LogP) is 2.36. The van der Waals surface area contributed by atoms with Gasteiger partial charge in [-0.2, -0.15) is 0 Å². The topological polar surface area (TPSA) is 85.0 Å². The third kappa shape index (κ3) is 4.46. The van der Waals surface area contributed by atoms with Crippen molar-refractivity contribution in [3.63, 3.8) is 0 Å². The highest BCUT2D eigenvalue weighted by molar-refractivity contribution is 5.76. The van der Waals surface area contributed by atoms with Crippen LogP contribution in [-0.2, 0) is 11.3 Å². The summed E-state index contributed by atoms with van der Waals surface area (Å²) >= 11 is 0. The summed E-state index contributed by atoms with van der Waals surface area (Å²) in [6, 6.07) is 15.5. The fourth-order valence-electron chi connectivity index (χ4n) is 4.31. The van der Waals surface area contributed by atoms with Gasteiger partial charge in [0.25, 0.3) is 0 Å². The number of benzene rings is 2. The first-order valence-corrected chi connectivity index (χ1v) is 11.3. The van der Waals surface area contributed by atoms with E-state index in [0.29, 0.717) is 43.3 Å². The van der Waals surface area contributed by atoms with Crippen LogP contribution >= 0.6 is 0 Å². The van der Waals surface area contributed by atoms with Crippen LogP contribution in [-0.4, -0.2) is 63.3 Å². The zero-order chi connectivity index (χ0) is 24.5. The molecule has 0 atom stereocenters. The smallest absolute Gasteiger partial charge is 0.352 e. The lowest BCUT2D eigenvalue weighted by atomic mass is 10.1. The summed E-state index contributed by atoms with van der Waals surface area (Å²) < 4.78 is 21.0. The van der Waals surface area contributed by atoms with Crippen molar-refractivity contribution in [1.29, 1.82) is 0 Å². The predicted molar refractivity (Wildman–Crippen MR) is 129 cm³/mol. The molecule has 9 nitrogen and oxygen atoms in total. The highest BCUT2D eigenvalue weighted by atomic mass is 19.1. The molecule has 1 aliphatic rings. The number of fused-ring (bicyclic) bond motifs is 1. The lowest BCUT2D eigenvalue weighted by Gasteiger charge is -2.36. The first kappa shape index (κ1) is 22.6. The number of amides is 1. The van der Waals surface area contributed by atoms with Crippen LogP contribution in [0, 0.1) is 12.7 Å². The average Bonchev–Trinajstić information content (AvgIpc) is 3.19. The molecule has 0 unspecified atom stereocenters. The maximum atomic E-state index is 13.2. The van der Waals surface area contributed by atoms with Crippen LogP contribution in [0.2, 0.25) is 0 Å². The van der Waals surface area contributed by atoms with Crippen LogP contribution in [0.1, 0.15) is 5.82 Å². The van der Waals surface area contributed by atoms with Crippen LogP contribution in [0.3, 0.4) is 0 Å². The maximum absolute atomic E-state index is 13.2. The SMILES string of the molecule is COc1ccc(-c2cc3nn(CC(=O)N4CCN(c5ccc(F)cc5)CC4)c(=O)n3c(C)n2)cc1. The zero-order valence-electron chi connectivity index (χ0n) is 19.5. The Bertz CT molecular complexity index is 1420. The number of aryl methyl sites for hydroxylation is 1. The van der Waals surface area contributed by atoms with Crippen molar-refractivity contribution < 1.29 is 13.9 Å². The summed E-state index contributed by atoms with van der Waals surface area (Å²) in [5.74, 6) is 0.784. The molecule has 2 aromatic carbocycles. The summed E-state index contributed by atoms with van der Waals surface area (Å²) in [5.41, 5.74) is 2.50. The number of hydrogen-bond donors (Lipinski definition) is 0. The van der Waals surface area contributed by atoms with Crippen LogP contribution in [0.4, 0.5) is 10.1 Å². The van der Waals surface area contributed by atoms with Crippen molar-refractivity contribution in [3.8, 4) is 17.0 Å². The molecule has 1 fully saturated rings. The molecule has 0 saturated carbocycles. The van der Waals surface area contributed by atoms with E-state index in [2.05, 4.69) is 15.0 Å². The van der Waals surface area contributed by atoms with E-state index in [4.69, 9.17) is 4.74 Å². The van der Waals surface area contributed by atoms with Crippen molar-refractivity contribution in [1.82, 2.24) is 24.1 Å². The number of halogens is 1. The molecule has 0 aliphatic carbocycles. The minimum atomic E-state index is -0.399. The molecule has 180 valence electrons. The largest absolute Gasteiger partial charge is 0.497 e. The van der Waals surface area contributed by atoms with E-state index in [0.717, 1.165) is 17.0 Å². The molecule has 1 aliphatic heterocycles. The number of hydrogen-bond acceptors (Lipinski definition) is 6. The van der Waals surface area contributed by atoms with Crippen molar-refractivity contribution in [2.24, 2.45) is 0 Å². The summed E-state index contributed by atoms with van der Waals surface area (Å²) in [6.45, 7) is 3.89. The Morgan fingerprint density at radius 3 is 2.37 bits per heavy atom. The lowest BCUT2D eigenvalue weighted by Crippen LogP contribution is -2.50. The Morgan fingerprint density at radius 2 is 1.71 bits per heavy atom. The lowest BCUT2D eigenvalue weighted by molar-refractivity contribution is -0.132. The maximum Gasteiger partial charge on any atom is 0.352 e. The van der Waals surface area contributed by atoms with Gasteiger partial charge in [-0.05, 0) is 55.5 Å². The van der Waals surface area contributed by atoms with Crippen molar-refractivity contribution in [2.45, 2.75) is 13.5 Å². The van der Waals surface area contributed by atoms with Crippen LogP contribution in [0.25, 0.3) is 16.9 Å². The van der Waals surface area contributed by atoms with E-state index in [1.165, 1.54) is 21.2 Å². The van der Waals surface area contributed by atoms with Crippen molar-refractivity contribution in [2.75, 3.05) is 38.2 Å². The van der Waals surface area contributed by atoms with Gasteiger partial charge in [0.1, 0.15) is 23.9 Å². The number of rotatable bonds is 5. The Hall–Kier alpha value is -4.21. The van der Waals surface area contributed by atoms with E-state index in [1.54, 1.807) is 37.1 Å². The van der Waals surface area contributed by atoms with Crippen molar-refractivity contribution in [3.05, 3.63) is 76.7 Å². The fourth-order valence-corrected chi connectivity index (χ4v) is 4.31. The van der Waals surface area contributed by atoms with Gasteiger partial charge in [0.15, 0.2) is 5.65 Å². The number of methoxy groups -OCH3 is 1. The molecular weight excluding hydrogens is 451 g/mol. The second-order valence-corrected chi connectivity index (χ2v) is 8.40. The van der Waals surface area contributed by atoms with Gasteiger partial charge in [-0.15, -0.1) is 5.10 Å². The Morgan fingerprint density at radius 1 is 1.03 bits per heavy atom. The van der Waals surface area contributed by atoms with E-state index in [1.807, 2.05) is 24.3 Å². The molecule has 2 aromatic heterocycles. The molecule has 0 N–H and O–H groups in total. The highest BCUT2D eigenvalue weighted by Crippen LogP contribution is 2.22. The molecule has 0 bridgehead atoms. The molecule has 0 radical (unpaired) electrons. The summed E-state index contributed by atoms with van der Waals surface area (Å²) in [4.78, 5) is 34.3. The third-order valence-corrected chi connectivity index (χ3v) is 6.23. The molecule has 3 heterocycles. The quantitative estimate of drug-likeness (QED) is 0.440. The number of aromatic nitrogens is 4. The van der Waals surface area contributed by atoms with E-state index in [9.17, 15) is 14.0 Å². The molecule has 1 saturated heterocycles. The van der Waals surface area contributed by atoms with Crippen LogP contribution in [0.5, 0.6) is 5.75 Å². The van der Waals surface area contributed by atoms with Crippen molar-refractivity contribution >= 4 is 17.2 Å². The van der Waals surface area contributed by atoms with Gasteiger partial charge in [0.05, 0.1) is 12.8 Å². The van der Waals surface area contributed by atoms with Gasteiger partial charge in [0, 0.05) is 43.5 Å². The minimum absolute atomic E-state index is 0.144. The second-order valence-electron chi connectivity index (χ2n) is 8.40. The molecule has 5 rings (SSSR count). The Balaban J connectivity index is 1.31. The van der Waals surface area contributed by atoms with Gasteiger partial charge < -0.3 is 14.5 Å². The number of carbonyl (C=O) groups excluding carboxylic acids is 1. The number of carbonyl (C=O) groups is 1. The van der Waals surface area contributed by atoms with E-state index in [-0.39, 0.29) is 18.3 Å². The molecule has 1 amide bonds. The summed E-state index contributed by atoms with van der Waals surface area (Å²) in [5, 5.41) is 4.41. The first-order chi connectivity index (χ1) is 16.9. The molecular formula is C25H25FN6O3. The summed E-state index contributed by atoms with van der Waals surface area (Å²) in [7, 11) is 1.61. The standard InChI is InChI=1S/C25H25FN6O3/c1-17-27-22(18-3-9-21(35-2)10-4-18)15-23-28-31(25(34)32(17)23)16-24(33)30-13-11-29(12-14-30)20-7-5-19(26)6-8-20/h3-10,15H,11-14,16H2,1-2H3. The number of piperazine rings is 1. The highest BCUT2D eigenvalue weighted by Gasteiger charge is 2.23. The van der Waals surface area contributed by atoms with Gasteiger partial charge in [-0.25, -0.2) is 23.3 Å². The fraction of sp³-hybridized carbons (Fsp3) is 0.280. The number of nitrogens with zero attached hydrogens (tertiary/aromatic N) is 6. The Labute approximate surface area is 201 Å². The number of anilines is 1. The van der Waals surface area contributed by atoms with Gasteiger partial charge >= 0.3 is 5.69 Å². The Kier molecular flexibility index (Phi) is 5.94. The summed E-state index contributed by atoms with van der Waals surface area (Å²) in [6.07, 6.45) is 0. The third-order valence-electron chi connectivity index (χ3n) is 6.23. The molecule has 4 aromatic rings. The van der Waals surface area contributed by atoms with Crippen LogP contribution in [0.15, 0.2) is 59.4 Å². The van der Waals surface area contributed by atoms with E-state index >= 15 is 0 Å². The monoisotopic (exact) mass is 476 g/mol. The van der Waals surface area contributed by atoms with Crippen LogP contribution < -0.4 is 15.3 Å². The minimum Gasteiger partial charge on any atom is -0.497 e. The van der Waals surface area contributed by atoms with Gasteiger partial charge in [0.2, 0.25) is 5.91 Å². The molecule has 0 spiro atoms.